The Hall–Kier alpha value is -2.35. The zero-order chi connectivity index (χ0) is 19.5. The fraction of sp³-hybridized carbons (Fsp3) is 0.286. The number of thiophene rings is 1. The summed E-state index contributed by atoms with van der Waals surface area (Å²) >= 11 is 3.42. The molecule has 3 heterocycles. The molecule has 0 aliphatic carbocycles. The number of hydrogen-bond acceptors (Lipinski definition) is 7. The second-order valence-corrected chi connectivity index (χ2v) is 8.91. The molecular weight excluding hydrogens is 386 g/mol. The summed E-state index contributed by atoms with van der Waals surface area (Å²) in [7, 11) is 4.07. The Balaban J connectivity index is 1.74. The van der Waals surface area contributed by atoms with E-state index in [4.69, 9.17) is 9.97 Å². The third-order valence-electron chi connectivity index (χ3n) is 4.38. The van der Waals surface area contributed by atoms with Gasteiger partial charge < -0.3 is 10.2 Å². The molecule has 0 aliphatic rings. The van der Waals surface area contributed by atoms with Gasteiger partial charge in [-0.3, -0.25) is 0 Å². The van der Waals surface area contributed by atoms with Gasteiger partial charge in [0.05, 0.1) is 18.5 Å². The van der Waals surface area contributed by atoms with Gasteiger partial charge in [-0.2, -0.15) is 0 Å². The van der Waals surface area contributed by atoms with Crippen molar-refractivity contribution in [1.82, 2.24) is 19.9 Å². The van der Waals surface area contributed by atoms with E-state index in [1.54, 1.807) is 22.7 Å². The number of aromatic nitrogens is 3. The fourth-order valence-corrected chi connectivity index (χ4v) is 4.82. The van der Waals surface area contributed by atoms with Crippen LogP contribution in [0.1, 0.15) is 22.6 Å². The molecule has 3 aromatic heterocycles. The zero-order valence-corrected chi connectivity index (χ0v) is 17.9. The molecule has 0 atom stereocenters. The first-order valence-corrected chi connectivity index (χ1v) is 11.0. The molecule has 7 heteroatoms. The molecule has 0 radical (unpaired) electrons. The van der Waals surface area contributed by atoms with Crippen LogP contribution in [0, 0.1) is 0 Å². The molecule has 144 valence electrons. The Bertz CT molecular complexity index is 1070. The van der Waals surface area contributed by atoms with Crippen LogP contribution in [0.3, 0.4) is 0 Å². The van der Waals surface area contributed by atoms with E-state index < -0.39 is 0 Å². The minimum Gasteiger partial charge on any atom is -0.363 e. The first-order chi connectivity index (χ1) is 13.6. The van der Waals surface area contributed by atoms with Crippen molar-refractivity contribution in [1.29, 1.82) is 0 Å². The topological polar surface area (TPSA) is 53.9 Å². The largest absolute Gasteiger partial charge is 0.363 e. The third kappa shape index (κ3) is 4.06. The maximum absolute atomic E-state index is 4.86. The lowest BCUT2D eigenvalue weighted by atomic mass is 10.1. The molecule has 0 aliphatic heterocycles. The highest BCUT2D eigenvalue weighted by molar-refractivity contribution is 7.17. The van der Waals surface area contributed by atoms with E-state index >= 15 is 0 Å². The summed E-state index contributed by atoms with van der Waals surface area (Å²) in [5.41, 5.74) is 2.36. The van der Waals surface area contributed by atoms with Gasteiger partial charge in [0.15, 0.2) is 0 Å². The highest BCUT2D eigenvalue weighted by Crippen LogP contribution is 2.37. The molecule has 1 N–H and O–H groups in total. The van der Waals surface area contributed by atoms with Crippen molar-refractivity contribution < 1.29 is 0 Å². The predicted molar refractivity (Wildman–Crippen MR) is 119 cm³/mol. The number of rotatable bonds is 7. The van der Waals surface area contributed by atoms with Crippen molar-refractivity contribution in [2.24, 2.45) is 0 Å². The molecule has 28 heavy (non-hydrogen) atoms. The van der Waals surface area contributed by atoms with Crippen LogP contribution in [-0.4, -0.2) is 33.9 Å². The lowest BCUT2D eigenvalue weighted by Crippen LogP contribution is -2.14. The summed E-state index contributed by atoms with van der Waals surface area (Å²) in [6, 6.07) is 10.4. The smallest absolute Gasteiger partial charge is 0.146 e. The summed E-state index contributed by atoms with van der Waals surface area (Å²) in [5, 5.41) is 7.88. The van der Waals surface area contributed by atoms with Gasteiger partial charge in [0, 0.05) is 22.0 Å². The van der Waals surface area contributed by atoms with Gasteiger partial charge in [-0.25, -0.2) is 15.0 Å². The van der Waals surface area contributed by atoms with Crippen LogP contribution in [0.4, 0.5) is 5.82 Å². The number of nitrogens with one attached hydrogen (secondary N) is 1. The van der Waals surface area contributed by atoms with E-state index in [0.717, 1.165) is 33.3 Å². The first-order valence-electron chi connectivity index (χ1n) is 9.29. The van der Waals surface area contributed by atoms with Gasteiger partial charge in [-0.1, -0.05) is 37.3 Å². The van der Waals surface area contributed by atoms with Crippen molar-refractivity contribution in [2.75, 3.05) is 19.4 Å². The maximum atomic E-state index is 4.86. The van der Waals surface area contributed by atoms with Crippen LogP contribution in [-0.2, 0) is 19.5 Å². The maximum Gasteiger partial charge on any atom is 0.146 e. The van der Waals surface area contributed by atoms with Crippen LogP contribution in [0.5, 0.6) is 0 Å². The second kappa shape index (κ2) is 8.34. The third-order valence-corrected chi connectivity index (χ3v) is 6.39. The molecule has 0 saturated carbocycles. The van der Waals surface area contributed by atoms with Gasteiger partial charge in [0.1, 0.15) is 21.5 Å². The summed E-state index contributed by atoms with van der Waals surface area (Å²) in [5.74, 6) is 1.71. The SMILES string of the molecule is CCc1cnc(CNc2nc(CN(C)C)nc3scc(-c4ccccc4)c23)s1. The van der Waals surface area contributed by atoms with Gasteiger partial charge in [0.2, 0.25) is 0 Å². The Morgan fingerprint density at radius 3 is 2.64 bits per heavy atom. The normalized spacial score (nSPS) is 11.4. The molecule has 0 unspecified atom stereocenters. The van der Waals surface area contributed by atoms with E-state index in [1.165, 1.54) is 16.0 Å². The standard InChI is InChI=1S/C21H23N5S2/c1-4-15-10-22-18(28-15)11-23-20-19-16(14-8-6-5-7-9-14)13-27-21(19)25-17(24-20)12-26(2)3/h5-10,13H,4,11-12H2,1-3H3,(H,23,24,25). The van der Waals surface area contributed by atoms with Gasteiger partial charge >= 0.3 is 0 Å². The predicted octanol–water partition coefficient (Wildman–Crippen LogP) is 5.05. The van der Waals surface area contributed by atoms with E-state index in [9.17, 15) is 0 Å². The van der Waals surface area contributed by atoms with Crippen molar-refractivity contribution >= 4 is 38.7 Å². The zero-order valence-electron chi connectivity index (χ0n) is 16.3. The molecule has 0 bridgehead atoms. The Morgan fingerprint density at radius 1 is 1.11 bits per heavy atom. The molecule has 0 saturated heterocycles. The van der Waals surface area contributed by atoms with Crippen molar-refractivity contribution in [3.05, 3.63) is 57.6 Å². The number of anilines is 1. The second-order valence-electron chi connectivity index (χ2n) is 6.85. The summed E-state index contributed by atoms with van der Waals surface area (Å²) in [6.45, 7) is 3.53. The Morgan fingerprint density at radius 2 is 1.93 bits per heavy atom. The van der Waals surface area contributed by atoms with Gasteiger partial charge in [0.25, 0.3) is 0 Å². The van der Waals surface area contributed by atoms with E-state index in [1.807, 2.05) is 26.4 Å². The number of nitrogens with zero attached hydrogens (tertiary/aromatic N) is 4. The molecule has 1 aromatic carbocycles. The number of fused-ring (bicyclic) bond motifs is 1. The molecule has 0 spiro atoms. The van der Waals surface area contributed by atoms with Crippen molar-refractivity contribution in [3.8, 4) is 11.1 Å². The van der Waals surface area contributed by atoms with Crippen LogP contribution >= 0.6 is 22.7 Å². The molecule has 0 fully saturated rings. The van der Waals surface area contributed by atoms with Crippen LogP contribution in [0.25, 0.3) is 21.3 Å². The number of aryl methyl sites for hydroxylation is 1. The van der Waals surface area contributed by atoms with Crippen LogP contribution in [0.2, 0.25) is 0 Å². The molecular formula is C21H23N5S2. The minimum atomic E-state index is 0.669. The summed E-state index contributed by atoms with van der Waals surface area (Å²) in [4.78, 5) is 18.6. The molecule has 4 rings (SSSR count). The Labute approximate surface area is 173 Å². The van der Waals surface area contributed by atoms with E-state index in [2.05, 4.69) is 51.8 Å². The van der Waals surface area contributed by atoms with Gasteiger partial charge in [-0.05, 0) is 26.1 Å². The Kier molecular flexibility index (Phi) is 5.66. The number of benzene rings is 1. The number of hydrogen-bond donors (Lipinski definition) is 1. The molecule has 5 nitrogen and oxygen atoms in total. The lowest BCUT2D eigenvalue weighted by Gasteiger charge is -2.12. The molecule has 0 amide bonds. The quantitative estimate of drug-likeness (QED) is 0.463. The van der Waals surface area contributed by atoms with Crippen molar-refractivity contribution in [2.45, 2.75) is 26.4 Å². The average Bonchev–Trinajstić information content (AvgIpc) is 3.33. The lowest BCUT2D eigenvalue weighted by molar-refractivity contribution is 0.391. The average molecular weight is 410 g/mol. The van der Waals surface area contributed by atoms with Gasteiger partial charge in [-0.15, -0.1) is 22.7 Å². The highest BCUT2D eigenvalue weighted by atomic mass is 32.1. The fourth-order valence-electron chi connectivity index (χ4n) is 3.05. The molecule has 4 aromatic rings. The van der Waals surface area contributed by atoms with Crippen molar-refractivity contribution in [3.63, 3.8) is 0 Å². The first kappa shape index (κ1) is 19.0. The van der Waals surface area contributed by atoms with Crippen LogP contribution < -0.4 is 5.32 Å². The van der Waals surface area contributed by atoms with E-state index in [0.29, 0.717) is 13.1 Å². The van der Waals surface area contributed by atoms with E-state index in [-0.39, 0.29) is 0 Å². The highest BCUT2D eigenvalue weighted by Gasteiger charge is 2.16. The summed E-state index contributed by atoms with van der Waals surface area (Å²) in [6.07, 6.45) is 2.99. The monoisotopic (exact) mass is 409 g/mol. The summed E-state index contributed by atoms with van der Waals surface area (Å²) < 4.78 is 0. The minimum absolute atomic E-state index is 0.669. The van der Waals surface area contributed by atoms with Crippen LogP contribution in [0.15, 0.2) is 41.9 Å². The number of thiazole rings is 1.